The van der Waals surface area contributed by atoms with Gasteiger partial charge in [0.15, 0.2) is 0 Å². The molecule has 0 heterocycles. The molecule has 1 atom stereocenters. The van der Waals surface area contributed by atoms with Crippen LogP contribution in [-0.4, -0.2) is 23.6 Å². The lowest BCUT2D eigenvalue weighted by Crippen LogP contribution is -2.49. The molecule has 0 spiro atoms. The van der Waals surface area contributed by atoms with Gasteiger partial charge in [0, 0.05) is 18.1 Å². The summed E-state index contributed by atoms with van der Waals surface area (Å²) in [5.74, 6) is -0.368. The van der Waals surface area contributed by atoms with Crippen molar-refractivity contribution in [1.29, 1.82) is 0 Å². The van der Waals surface area contributed by atoms with E-state index >= 15 is 0 Å². The van der Waals surface area contributed by atoms with Gasteiger partial charge in [0.25, 0.3) is 5.69 Å². The molecule has 0 saturated carbocycles. The Balaban J connectivity index is 1.88. The van der Waals surface area contributed by atoms with Crippen LogP contribution in [0.4, 0.5) is 5.69 Å². The van der Waals surface area contributed by atoms with Crippen LogP contribution in [-0.2, 0) is 21.6 Å². The van der Waals surface area contributed by atoms with Gasteiger partial charge in [-0.05, 0) is 19.4 Å². The highest BCUT2D eigenvalue weighted by Crippen LogP contribution is 2.31. The van der Waals surface area contributed by atoms with Gasteiger partial charge in [-0.25, -0.2) is 0 Å². The Morgan fingerprint density at radius 2 is 1.81 bits per heavy atom. The number of carbonyl (C=O) groups excluding carboxylic acids is 1. The number of benzene rings is 2. The fourth-order valence-corrected chi connectivity index (χ4v) is 2.68. The van der Waals surface area contributed by atoms with Gasteiger partial charge in [-0.2, -0.15) is 0 Å². The normalized spacial score (nSPS) is 12.4. The number of para-hydroxylation sites is 1. The van der Waals surface area contributed by atoms with Gasteiger partial charge in [-0.3, -0.25) is 14.9 Å². The van der Waals surface area contributed by atoms with E-state index in [1.165, 1.54) is 6.07 Å². The summed E-state index contributed by atoms with van der Waals surface area (Å²) < 4.78 is 5.57. The molecule has 2 aromatic rings. The quantitative estimate of drug-likeness (QED) is 0.305. The summed E-state index contributed by atoms with van der Waals surface area (Å²) in [6, 6.07) is 16.0. The summed E-state index contributed by atoms with van der Waals surface area (Å²) in [5.41, 5.74) is 6.21. The fourth-order valence-electron chi connectivity index (χ4n) is 2.68. The lowest BCUT2D eigenvalue weighted by Gasteiger charge is -2.26. The van der Waals surface area contributed by atoms with Crippen molar-refractivity contribution in [2.45, 2.75) is 38.5 Å². The molecule has 7 heteroatoms. The summed E-state index contributed by atoms with van der Waals surface area (Å²) in [4.78, 5) is 23.4. The molecular formula is C20H25N3O4. The maximum Gasteiger partial charge on any atom is 0.273 e. The number of hydrogen-bond acceptors (Lipinski definition) is 5. The van der Waals surface area contributed by atoms with Crippen molar-refractivity contribution >= 4 is 11.6 Å². The molecule has 2 aromatic carbocycles. The topological polar surface area (TPSA) is 107 Å². The lowest BCUT2D eigenvalue weighted by atomic mass is 9.82. The van der Waals surface area contributed by atoms with Crippen molar-refractivity contribution < 1.29 is 14.5 Å². The van der Waals surface area contributed by atoms with Crippen LogP contribution in [0.5, 0.6) is 0 Å². The predicted octanol–water partition coefficient (Wildman–Crippen LogP) is 2.88. The summed E-state index contributed by atoms with van der Waals surface area (Å²) >= 11 is 0. The van der Waals surface area contributed by atoms with Crippen LogP contribution in [0.2, 0.25) is 0 Å². The maximum atomic E-state index is 12.7. The molecule has 0 fully saturated rings. The van der Waals surface area contributed by atoms with E-state index in [2.05, 4.69) is 5.32 Å². The first-order valence-electron chi connectivity index (χ1n) is 8.74. The lowest BCUT2D eigenvalue weighted by molar-refractivity contribution is -0.385. The van der Waals surface area contributed by atoms with E-state index in [1.54, 1.807) is 32.0 Å². The van der Waals surface area contributed by atoms with E-state index in [9.17, 15) is 14.9 Å². The number of nitrogens with two attached hydrogens (primary N) is 1. The summed E-state index contributed by atoms with van der Waals surface area (Å²) in [6.07, 6.45) is -0.166. The molecule has 0 unspecified atom stereocenters. The van der Waals surface area contributed by atoms with E-state index in [0.717, 1.165) is 5.56 Å². The van der Waals surface area contributed by atoms with Crippen molar-refractivity contribution in [3.05, 3.63) is 75.8 Å². The number of nitrogens with one attached hydrogen (secondary N) is 1. The third kappa shape index (κ3) is 5.60. The first kappa shape index (κ1) is 20.5. The van der Waals surface area contributed by atoms with Crippen molar-refractivity contribution in [2.75, 3.05) is 6.61 Å². The molecule has 0 aliphatic heterocycles. The van der Waals surface area contributed by atoms with E-state index in [0.29, 0.717) is 25.2 Å². The first-order valence-corrected chi connectivity index (χ1v) is 8.74. The molecule has 1 amide bonds. The smallest absolute Gasteiger partial charge is 0.273 e. The van der Waals surface area contributed by atoms with Crippen molar-refractivity contribution in [1.82, 2.24) is 5.32 Å². The van der Waals surface area contributed by atoms with Crippen LogP contribution >= 0.6 is 0 Å². The Labute approximate surface area is 158 Å². The molecule has 0 saturated heterocycles. The van der Waals surface area contributed by atoms with Crippen LogP contribution in [0.15, 0.2) is 54.6 Å². The number of amides is 1. The molecule has 144 valence electrons. The summed E-state index contributed by atoms with van der Waals surface area (Å²) in [6.45, 7) is 4.15. The second-order valence-corrected chi connectivity index (χ2v) is 6.81. The van der Waals surface area contributed by atoms with Crippen LogP contribution in [0, 0.1) is 10.1 Å². The van der Waals surface area contributed by atoms with Gasteiger partial charge in [-0.1, -0.05) is 48.5 Å². The number of rotatable bonds is 9. The zero-order chi connectivity index (χ0) is 19.9. The summed E-state index contributed by atoms with van der Waals surface area (Å²) in [5, 5.41) is 14.0. The van der Waals surface area contributed by atoms with E-state index in [-0.39, 0.29) is 11.6 Å². The zero-order valence-corrected chi connectivity index (χ0v) is 15.6. The highest BCUT2D eigenvalue weighted by atomic mass is 16.6. The second-order valence-electron chi connectivity index (χ2n) is 6.81. The minimum absolute atomic E-state index is 0.0857. The number of nitrogens with zero attached hydrogens (tertiary/aromatic N) is 1. The fraction of sp³-hybridized carbons (Fsp3) is 0.350. The van der Waals surface area contributed by atoms with Crippen LogP contribution in [0.25, 0.3) is 0 Å². The Hall–Kier alpha value is -2.77. The monoisotopic (exact) mass is 371 g/mol. The Morgan fingerprint density at radius 1 is 1.19 bits per heavy atom. The standard InChI is InChI=1S/C20H25N3O4/c1-20(2,16-10-6-7-11-17(16)23(25)26)19(24)22-18(21)12-13-27-14-15-8-4-3-5-9-15/h3-11,18H,12-14,21H2,1-2H3,(H,22,24)/t18-/m1/s1. The molecular weight excluding hydrogens is 346 g/mol. The first-order chi connectivity index (χ1) is 12.8. The summed E-state index contributed by atoms with van der Waals surface area (Å²) in [7, 11) is 0. The number of hydrogen-bond donors (Lipinski definition) is 2. The van der Waals surface area contributed by atoms with E-state index in [1.807, 2.05) is 30.3 Å². The Morgan fingerprint density at radius 3 is 2.48 bits per heavy atom. The molecule has 0 aromatic heterocycles. The van der Waals surface area contributed by atoms with E-state index < -0.39 is 16.5 Å². The molecule has 27 heavy (non-hydrogen) atoms. The van der Waals surface area contributed by atoms with Gasteiger partial charge in [-0.15, -0.1) is 0 Å². The van der Waals surface area contributed by atoms with Crippen LogP contribution in [0.3, 0.4) is 0 Å². The highest BCUT2D eigenvalue weighted by Gasteiger charge is 2.36. The zero-order valence-electron chi connectivity index (χ0n) is 15.6. The van der Waals surface area contributed by atoms with Crippen LogP contribution in [0.1, 0.15) is 31.4 Å². The third-order valence-electron chi connectivity index (χ3n) is 4.34. The number of nitro groups is 1. The Kier molecular flexibility index (Phi) is 7.04. The highest BCUT2D eigenvalue weighted by molar-refractivity contribution is 5.88. The largest absolute Gasteiger partial charge is 0.377 e. The number of ether oxygens (including phenoxy) is 1. The third-order valence-corrected chi connectivity index (χ3v) is 4.34. The van der Waals surface area contributed by atoms with Crippen molar-refractivity contribution in [2.24, 2.45) is 5.73 Å². The van der Waals surface area contributed by atoms with Gasteiger partial charge in [0.1, 0.15) is 0 Å². The van der Waals surface area contributed by atoms with Crippen molar-refractivity contribution in [3.8, 4) is 0 Å². The minimum Gasteiger partial charge on any atom is -0.377 e. The van der Waals surface area contributed by atoms with Crippen molar-refractivity contribution in [3.63, 3.8) is 0 Å². The maximum absolute atomic E-state index is 12.7. The van der Waals surface area contributed by atoms with Gasteiger partial charge in [0.2, 0.25) is 5.91 Å². The van der Waals surface area contributed by atoms with E-state index in [4.69, 9.17) is 10.5 Å². The van der Waals surface area contributed by atoms with Gasteiger partial charge in [0.05, 0.1) is 29.7 Å². The Bertz CT molecular complexity index is 778. The average Bonchev–Trinajstić information content (AvgIpc) is 2.66. The minimum atomic E-state index is -1.09. The number of nitro benzene ring substituents is 1. The molecule has 0 aliphatic carbocycles. The van der Waals surface area contributed by atoms with Gasteiger partial charge >= 0.3 is 0 Å². The molecule has 3 N–H and O–H groups in total. The average molecular weight is 371 g/mol. The SMILES string of the molecule is CC(C)(C(=O)N[C@@H](N)CCOCc1ccccc1)c1ccccc1[N+](=O)[O-]. The predicted molar refractivity (Wildman–Crippen MR) is 103 cm³/mol. The second kappa shape index (κ2) is 9.25. The molecule has 0 aliphatic rings. The molecule has 2 rings (SSSR count). The molecule has 7 nitrogen and oxygen atoms in total. The molecule has 0 bridgehead atoms. The number of carbonyl (C=O) groups is 1. The van der Waals surface area contributed by atoms with Gasteiger partial charge < -0.3 is 15.8 Å². The van der Waals surface area contributed by atoms with Crippen LogP contribution < -0.4 is 11.1 Å². The molecule has 0 radical (unpaired) electrons.